The molecule has 0 radical (unpaired) electrons. The standard InChI is InChI=1S/C29H27N9O5S/c1-20-22(19-30-33-27-28(39)32-24-12-6-5-11-23(24)31-27)29(37(34-20)21-9-3-2-4-10-21)35-15-17-36(18-16-35)44(42,43)26-14-8-7-13-25(26)38(40)41/h2-14,19H,15-18H2,1H3,(H,31,33)(H,32,39)/b30-19+. The van der Waals surface area contributed by atoms with Gasteiger partial charge in [0.15, 0.2) is 4.90 Å². The van der Waals surface area contributed by atoms with Crippen molar-refractivity contribution in [1.29, 1.82) is 0 Å². The second-order valence-corrected chi connectivity index (χ2v) is 11.9. The lowest BCUT2D eigenvalue weighted by atomic mass is 10.2. The number of nitrogens with one attached hydrogen (secondary N) is 2. The third kappa shape index (κ3) is 5.41. The van der Waals surface area contributed by atoms with Gasteiger partial charge in [-0.25, -0.2) is 18.1 Å². The molecule has 3 aromatic carbocycles. The number of anilines is 2. The van der Waals surface area contributed by atoms with E-state index in [2.05, 4.69) is 20.5 Å². The second-order valence-electron chi connectivity index (χ2n) is 9.99. The van der Waals surface area contributed by atoms with E-state index in [1.807, 2.05) is 48.2 Å². The van der Waals surface area contributed by atoms with Crippen molar-refractivity contribution in [3.63, 3.8) is 0 Å². The van der Waals surface area contributed by atoms with Crippen LogP contribution >= 0.6 is 0 Å². The van der Waals surface area contributed by atoms with Gasteiger partial charge < -0.3 is 9.88 Å². The number of nitro groups is 1. The van der Waals surface area contributed by atoms with E-state index in [4.69, 9.17) is 5.10 Å². The molecule has 14 nitrogen and oxygen atoms in total. The molecule has 44 heavy (non-hydrogen) atoms. The summed E-state index contributed by atoms with van der Waals surface area (Å²) in [6.07, 6.45) is 1.56. The van der Waals surface area contributed by atoms with Crippen LogP contribution in [-0.4, -0.2) is 69.8 Å². The van der Waals surface area contributed by atoms with Gasteiger partial charge in [-0.2, -0.15) is 14.5 Å². The van der Waals surface area contributed by atoms with Crippen LogP contribution < -0.4 is 15.9 Å². The van der Waals surface area contributed by atoms with Gasteiger partial charge >= 0.3 is 0 Å². The largest absolute Gasteiger partial charge is 0.353 e. The average Bonchev–Trinajstić information content (AvgIpc) is 3.37. The normalized spacial score (nSPS) is 14.3. The lowest BCUT2D eigenvalue weighted by Gasteiger charge is -2.35. The zero-order chi connectivity index (χ0) is 30.8. The van der Waals surface area contributed by atoms with Crippen molar-refractivity contribution in [2.24, 2.45) is 5.10 Å². The van der Waals surface area contributed by atoms with Gasteiger partial charge in [0.2, 0.25) is 15.8 Å². The Morgan fingerprint density at radius 3 is 2.41 bits per heavy atom. The van der Waals surface area contributed by atoms with Crippen LogP contribution in [0.25, 0.3) is 16.7 Å². The van der Waals surface area contributed by atoms with Crippen LogP contribution in [0.1, 0.15) is 11.3 Å². The molecule has 0 saturated carbocycles. The molecule has 1 fully saturated rings. The summed E-state index contributed by atoms with van der Waals surface area (Å²) in [7, 11) is -4.11. The zero-order valence-electron chi connectivity index (χ0n) is 23.5. The van der Waals surface area contributed by atoms with E-state index >= 15 is 0 Å². The molecule has 2 N–H and O–H groups in total. The molecule has 6 rings (SSSR count). The van der Waals surface area contributed by atoms with Gasteiger partial charge in [-0.15, -0.1) is 0 Å². The maximum absolute atomic E-state index is 13.4. The highest BCUT2D eigenvalue weighted by Gasteiger charge is 2.35. The summed E-state index contributed by atoms with van der Waals surface area (Å²) in [6.45, 7) is 2.61. The quantitative estimate of drug-likeness (QED) is 0.151. The summed E-state index contributed by atoms with van der Waals surface area (Å²) in [5, 5.41) is 20.6. The summed E-state index contributed by atoms with van der Waals surface area (Å²) in [6, 6.07) is 22.0. The van der Waals surface area contributed by atoms with Crippen LogP contribution in [0.15, 0.2) is 93.7 Å². The number of hydrogen-bond acceptors (Lipinski definition) is 10. The number of aromatic amines is 1. The molecule has 0 aliphatic carbocycles. The van der Waals surface area contributed by atoms with Crippen LogP contribution in [-0.2, 0) is 10.0 Å². The molecule has 15 heteroatoms. The summed E-state index contributed by atoms with van der Waals surface area (Å²) < 4.78 is 29.9. The van der Waals surface area contributed by atoms with E-state index in [0.717, 1.165) is 5.69 Å². The molecule has 1 saturated heterocycles. The Hall–Kier alpha value is -5.41. The molecule has 0 unspecified atom stereocenters. The van der Waals surface area contributed by atoms with Crippen molar-refractivity contribution < 1.29 is 13.3 Å². The van der Waals surface area contributed by atoms with Gasteiger partial charge in [0.25, 0.3) is 11.2 Å². The SMILES string of the molecule is Cc1nn(-c2ccccc2)c(N2CCN(S(=O)(=O)c3ccccc3[N+](=O)[O-])CC2)c1/C=N/Nc1nc2ccccc2[nH]c1=O. The number of hydrazone groups is 1. The third-order valence-corrected chi connectivity index (χ3v) is 9.21. The molecule has 224 valence electrons. The number of fused-ring (bicyclic) bond motifs is 1. The Labute approximate surface area is 251 Å². The smallest absolute Gasteiger partial charge is 0.293 e. The second kappa shape index (κ2) is 11.7. The highest BCUT2D eigenvalue weighted by atomic mass is 32.2. The lowest BCUT2D eigenvalue weighted by Crippen LogP contribution is -2.49. The fourth-order valence-electron chi connectivity index (χ4n) is 5.10. The molecule has 1 aliphatic rings. The van der Waals surface area contributed by atoms with Crippen molar-refractivity contribution in [2.45, 2.75) is 11.8 Å². The Bertz CT molecular complexity index is 2050. The van der Waals surface area contributed by atoms with Crippen LogP contribution in [0.5, 0.6) is 0 Å². The number of nitrogens with zero attached hydrogens (tertiary/aromatic N) is 7. The van der Waals surface area contributed by atoms with Crippen LogP contribution in [0.4, 0.5) is 17.3 Å². The van der Waals surface area contributed by atoms with E-state index < -0.39 is 26.2 Å². The van der Waals surface area contributed by atoms with Gasteiger partial charge in [0, 0.05) is 32.2 Å². The molecule has 3 heterocycles. The van der Waals surface area contributed by atoms with Crippen molar-refractivity contribution >= 4 is 44.6 Å². The predicted octanol–water partition coefficient (Wildman–Crippen LogP) is 3.28. The fourth-order valence-corrected chi connectivity index (χ4v) is 6.68. The van der Waals surface area contributed by atoms with Crippen LogP contribution in [0.3, 0.4) is 0 Å². The minimum atomic E-state index is -4.11. The van der Waals surface area contributed by atoms with Gasteiger partial charge in [0.05, 0.1) is 39.1 Å². The number of piperazine rings is 1. The molecule has 0 amide bonds. The zero-order valence-corrected chi connectivity index (χ0v) is 24.3. The Balaban J connectivity index is 1.30. The Morgan fingerprint density at radius 2 is 1.66 bits per heavy atom. The number of sulfonamides is 1. The fraction of sp³-hybridized carbons (Fsp3) is 0.172. The molecule has 2 aromatic heterocycles. The molecule has 0 bridgehead atoms. The number of aryl methyl sites for hydroxylation is 1. The first kappa shape index (κ1) is 28.7. The number of nitro benzene ring substituents is 1. The maximum Gasteiger partial charge on any atom is 0.293 e. The van der Waals surface area contributed by atoms with Gasteiger partial charge in [-0.1, -0.05) is 42.5 Å². The number of hydrogen-bond donors (Lipinski definition) is 2. The van der Waals surface area contributed by atoms with E-state index in [-0.39, 0.29) is 36.9 Å². The number of rotatable bonds is 8. The van der Waals surface area contributed by atoms with E-state index in [0.29, 0.717) is 28.1 Å². The third-order valence-electron chi connectivity index (χ3n) is 7.26. The molecule has 5 aromatic rings. The minimum Gasteiger partial charge on any atom is -0.353 e. The summed E-state index contributed by atoms with van der Waals surface area (Å²) >= 11 is 0. The van der Waals surface area contributed by atoms with Gasteiger partial charge in [-0.3, -0.25) is 20.3 Å². The molecule has 0 atom stereocenters. The van der Waals surface area contributed by atoms with E-state index in [1.54, 1.807) is 29.1 Å². The average molecular weight is 614 g/mol. The predicted molar refractivity (Wildman–Crippen MR) is 166 cm³/mol. The summed E-state index contributed by atoms with van der Waals surface area (Å²) in [4.78, 5) is 32.2. The molecular formula is C29H27N9O5S. The topological polar surface area (TPSA) is 172 Å². The minimum absolute atomic E-state index is 0.0310. The van der Waals surface area contributed by atoms with E-state index in [1.165, 1.54) is 28.6 Å². The monoisotopic (exact) mass is 613 g/mol. The Morgan fingerprint density at radius 1 is 0.977 bits per heavy atom. The maximum atomic E-state index is 13.4. The summed E-state index contributed by atoms with van der Waals surface area (Å²) in [5.74, 6) is 0.714. The van der Waals surface area contributed by atoms with Gasteiger partial charge in [0.1, 0.15) is 5.82 Å². The van der Waals surface area contributed by atoms with Gasteiger partial charge in [-0.05, 0) is 37.3 Å². The lowest BCUT2D eigenvalue weighted by molar-refractivity contribution is -0.387. The number of aromatic nitrogens is 4. The first-order valence-electron chi connectivity index (χ1n) is 13.7. The van der Waals surface area contributed by atoms with Crippen molar-refractivity contribution in [3.8, 4) is 5.69 Å². The highest BCUT2D eigenvalue weighted by molar-refractivity contribution is 7.89. The number of H-pyrrole nitrogens is 1. The number of benzene rings is 3. The van der Waals surface area contributed by atoms with Crippen LogP contribution in [0.2, 0.25) is 0 Å². The summed E-state index contributed by atoms with van der Waals surface area (Å²) in [5.41, 5.74) is 5.18. The van der Waals surface area contributed by atoms with Crippen LogP contribution in [0, 0.1) is 17.0 Å². The van der Waals surface area contributed by atoms with Crippen molar-refractivity contribution in [3.05, 3.63) is 111 Å². The van der Waals surface area contributed by atoms with Crippen molar-refractivity contribution in [2.75, 3.05) is 36.5 Å². The Kier molecular flexibility index (Phi) is 7.63. The first-order chi connectivity index (χ1) is 21.2. The highest BCUT2D eigenvalue weighted by Crippen LogP contribution is 2.30. The van der Waals surface area contributed by atoms with E-state index in [9.17, 15) is 23.3 Å². The molecule has 0 spiro atoms. The number of para-hydroxylation sites is 4. The van der Waals surface area contributed by atoms with Crippen molar-refractivity contribution in [1.82, 2.24) is 24.1 Å². The molecular weight excluding hydrogens is 586 g/mol. The first-order valence-corrected chi connectivity index (χ1v) is 15.1. The molecule has 1 aliphatic heterocycles.